The number of aromatic nitrogens is 2. The highest BCUT2D eigenvalue weighted by Gasteiger charge is 2.11. The molecule has 31 heavy (non-hydrogen) atoms. The predicted molar refractivity (Wildman–Crippen MR) is 138 cm³/mol. The maximum absolute atomic E-state index is 6.23. The maximum Gasteiger partial charge on any atom is 0.154 e. The Kier molecular flexibility index (Phi) is 8.88. The molecule has 0 aliphatic heterocycles. The van der Waals surface area contributed by atoms with Crippen molar-refractivity contribution in [3.05, 3.63) is 63.3 Å². The zero-order valence-corrected chi connectivity index (χ0v) is 20.7. The van der Waals surface area contributed by atoms with Crippen molar-refractivity contribution in [2.45, 2.75) is 39.7 Å². The summed E-state index contributed by atoms with van der Waals surface area (Å²) < 4.78 is 1.06. The molecule has 1 aromatic heterocycles. The van der Waals surface area contributed by atoms with Gasteiger partial charge in [-0.25, -0.2) is 9.97 Å². The molecular formula is C25H30BrClN4. The van der Waals surface area contributed by atoms with Crippen LogP contribution < -0.4 is 5.32 Å². The molecule has 0 saturated carbocycles. The third-order valence-corrected chi connectivity index (χ3v) is 6.12. The van der Waals surface area contributed by atoms with Crippen LogP contribution in [-0.4, -0.2) is 40.5 Å². The Balaban J connectivity index is 1.79. The molecule has 1 N–H and O–H groups in total. The van der Waals surface area contributed by atoms with E-state index in [0.717, 1.165) is 59.2 Å². The number of nitrogens with zero attached hydrogens (tertiary/aromatic N) is 3. The van der Waals surface area contributed by atoms with Crippen LogP contribution in [0.1, 0.15) is 45.0 Å². The van der Waals surface area contributed by atoms with E-state index in [4.69, 9.17) is 21.6 Å². The van der Waals surface area contributed by atoms with Gasteiger partial charge in [-0.2, -0.15) is 0 Å². The Morgan fingerprint density at radius 2 is 1.81 bits per heavy atom. The van der Waals surface area contributed by atoms with Crippen LogP contribution in [0.2, 0.25) is 5.02 Å². The summed E-state index contributed by atoms with van der Waals surface area (Å²) in [5.41, 5.74) is 1.94. The highest BCUT2D eigenvalue weighted by atomic mass is 79.9. The molecule has 1 atom stereocenters. The summed E-state index contributed by atoms with van der Waals surface area (Å²) in [6.07, 6.45) is 6.20. The number of halogens is 2. The monoisotopic (exact) mass is 500 g/mol. The highest BCUT2D eigenvalue weighted by molar-refractivity contribution is 9.10. The van der Waals surface area contributed by atoms with Crippen LogP contribution in [0, 0.1) is 0 Å². The second kappa shape index (κ2) is 11.6. The zero-order chi connectivity index (χ0) is 22.2. The van der Waals surface area contributed by atoms with E-state index in [-0.39, 0.29) is 0 Å². The Morgan fingerprint density at radius 1 is 1.06 bits per heavy atom. The molecule has 0 amide bonds. The molecule has 4 nitrogen and oxygen atoms in total. The Bertz CT molecular complexity index is 1020. The summed E-state index contributed by atoms with van der Waals surface area (Å²) in [4.78, 5) is 12.0. The molecule has 0 saturated heterocycles. The lowest BCUT2D eigenvalue weighted by Gasteiger charge is -2.20. The number of anilines is 1. The van der Waals surface area contributed by atoms with Crippen LogP contribution in [0.4, 0.5) is 5.82 Å². The quantitative estimate of drug-likeness (QED) is 0.320. The van der Waals surface area contributed by atoms with Gasteiger partial charge in [0.15, 0.2) is 5.82 Å². The second-order valence-electron chi connectivity index (χ2n) is 7.69. The fourth-order valence-corrected chi connectivity index (χ4v) is 3.95. The molecule has 1 unspecified atom stereocenters. The van der Waals surface area contributed by atoms with Crippen molar-refractivity contribution in [1.29, 1.82) is 0 Å². The molecule has 0 bridgehead atoms. The first kappa shape index (κ1) is 23.7. The summed E-state index contributed by atoms with van der Waals surface area (Å²) in [6.45, 7) is 9.97. The number of fused-ring (bicyclic) bond motifs is 1. The maximum atomic E-state index is 6.23. The number of nitrogens with one attached hydrogen (secondary N) is 1. The largest absolute Gasteiger partial charge is 0.367 e. The van der Waals surface area contributed by atoms with Crippen LogP contribution in [0.5, 0.6) is 0 Å². The summed E-state index contributed by atoms with van der Waals surface area (Å²) in [6, 6.07) is 14.2. The molecule has 164 valence electrons. The summed E-state index contributed by atoms with van der Waals surface area (Å²) in [7, 11) is 0. The van der Waals surface area contributed by atoms with Gasteiger partial charge in [0.2, 0.25) is 0 Å². The fraction of sp³-hybridized carbons (Fsp3) is 0.360. The van der Waals surface area contributed by atoms with E-state index in [1.807, 2.05) is 42.5 Å². The van der Waals surface area contributed by atoms with Crippen molar-refractivity contribution < 1.29 is 0 Å². The van der Waals surface area contributed by atoms with Crippen LogP contribution in [0.15, 0.2) is 46.9 Å². The predicted octanol–water partition coefficient (Wildman–Crippen LogP) is 7.14. The number of benzene rings is 2. The van der Waals surface area contributed by atoms with Crippen LogP contribution in [0.3, 0.4) is 0 Å². The Hall–Kier alpha value is -1.95. The van der Waals surface area contributed by atoms with Crippen molar-refractivity contribution >= 4 is 56.4 Å². The topological polar surface area (TPSA) is 41.0 Å². The fourth-order valence-electron chi connectivity index (χ4n) is 3.52. The minimum absolute atomic E-state index is 0.313. The summed E-state index contributed by atoms with van der Waals surface area (Å²) in [5.74, 6) is 1.52. The Morgan fingerprint density at radius 3 is 2.52 bits per heavy atom. The normalized spacial score (nSPS) is 12.7. The van der Waals surface area contributed by atoms with Crippen molar-refractivity contribution in [1.82, 2.24) is 14.9 Å². The molecule has 0 radical (unpaired) electrons. The van der Waals surface area contributed by atoms with Crippen LogP contribution in [-0.2, 0) is 0 Å². The smallest absolute Gasteiger partial charge is 0.154 e. The minimum Gasteiger partial charge on any atom is -0.367 e. The van der Waals surface area contributed by atoms with Gasteiger partial charge in [0.05, 0.1) is 5.52 Å². The number of rotatable bonds is 10. The highest BCUT2D eigenvalue weighted by Crippen LogP contribution is 2.25. The van der Waals surface area contributed by atoms with Crippen LogP contribution >= 0.6 is 27.5 Å². The summed E-state index contributed by atoms with van der Waals surface area (Å²) >= 11 is 9.70. The van der Waals surface area contributed by atoms with E-state index in [1.165, 1.54) is 0 Å². The number of hydrogen-bond donors (Lipinski definition) is 1. The van der Waals surface area contributed by atoms with Gasteiger partial charge >= 0.3 is 0 Å². The zero-order valence-electron chi connectivity index (χ0n) is 18.4. The SMILES string of the molecule is CCN(CC)CCCC(C)Nc1nc(C=Cc2ccc(Br)cc2)nc2cc(Cl)ccc12. The average Bonchev–Trinajstić information content (AvgIpc) is 2.76. The third-order valence-electron chi connectivity index (χ3n) is 5.36. The van der Waals surface area contributed by atoms with Gasteiger partial charge in [-0.3, -0.25) is 0 Å². The van der Waals surface area contributed by atoms with E-state index in [9.17, 15) is 0 Å². The van der Waals surface area contributed by atoms with Crippen molar-refractivity contribution in [2.75, 3.05) is 25.0 Å². The first-order chi connectivity index (χ1) is 15.0. The lowest BCUT2D eigenvalue weighted by Crippen LogP contribution is -2.25. The standard InChI is InChI=1S/C25H30BrClN4/c1-4-31(5-2)16-6-7-18(3)28-25-22-14-13-21(27)17-23(22)29-24(30-25)15-10-19-8-11-20(26)12-9-19/h8-15,17-18H,4-7,16H2,1-3H3,(H,28,29,30). The van der Waals surface area contributed by atoms with Gasteiger partial charge in [0.25, 0.3) is 0 Å². The van der Waals surface area contributed by atoms with Gasteiger partial charge in [-0.1, -0.05) is 59.6 Å². The molecule has 0 spiro atoms. The van der Waals surface area contributed by atoms with Crippen LogP contribution in [0.25, 0.3) is 23.1 Å². The van der Waals surface area contributed by atoms with Crippen molar-refractivity contribution in [3.8, 4) is 0 Å². The first-order valence-electron chi connectivity index (χ1n) is 10.9. The third kappa shape index (κ3) is 7.03. The Labute approximate surface area is 198 Å². The van der Waals surface area contributed by atoms with Gasteiger partial charge in [-0.15, -0.1) is 0 Å². The van der Waals surface area contributed by atoms with E-state index in [0.29, 0.717) is 16.9 Å². The van der Waals surface area contributed by atoms with E-state index >= 15 is 0 Å². The molecule has 0 aliphatic carbocycles. The summed E-state index contributed by atoms with van der Waals surface area (Å²) in [5, 5.41) is 5.27. The lowest BCUT2D eigenvalue weighted by molar-refractivity contribution is 0.295. The van der Waals surface area contributed by atoms with E-state index in [1.54, 1.807) is 0 Å². The van der Waals surface area contributed by atoms with Gasteiger partial charge < -0.3 is 10.2 Å². The van der Waals surface area contributed by atoms with Crippen molar-refractivity contribution in [3.63, 3.8) is 0 Å². The molecule has 0 aliphatic rings. The van der Waals surface area contributed by atoms with Gasteiger partial charge in [-0.05, 0) is 81.4 Å². The first-order valence-corrected chi connectivity index (χ1v) is 12.1. The van der Waals surface area contributed by atoms with Gasteiger partial charge in [0.1, 0.15) is 5.82 Å². The second-order valence-corrected chi connectivity index (χ2v) is 9.04. The van der Waals surface area contributed by atoms with Gasteiger partial charge in [0, 0.05) is 20.9 Å². The molecule has 3 aromatic rings. The molecule has 0 fully saturated rings. The van der Waals surface area contributed by atoms with Crippen molar-refractivity contribution in [2.24, 2.45) is 0 Å². The number of hydrogen-bond acceptors (Lipinski definition) is 4. The molecule has 6 heteroatoms. The molecule has 3 rings (SSSR count). The average molecular weight is 502 g/mol. The van der Waals surface area contributed by atoms with E-state index < -0.39 is 0 Å². The lowest BCUT2D eigenvalue weighted by atomic mass is 10.1. The van der Waals surface area contributed by atoms with E-state index in [2.05, 4.69) is 59.1 Å². The molecule has 2 aromatic carbocycles. The molecular weight excluding hydrogens is 472 g/mol. The molecule has 1 heterocycles. The minimum atomic E-state index is 0.313.